The van der Waals surface area contributed by atoms with E-state index in [0.717, 1.165) is 0 Å². The van der Waals surface area contributed by atoms with Crippen LogP contribution in [0.25, 0.3) is 0 Å². The largest absolute Gasteiger partial charge is 0.496 e. The number of nitrogens with one attached hydrogen (secondary N) is 1. The lowest BCUT2D eigenvalue weighted by Crippen LogP contribution is -2.33. The lowest BCUT2D eigenvalue weighted by Gasteiger charge is -2.14. The molecule has 0 spiro atoms. The van der Waals surface area contributed by atoms with Gasteiger partial charge in [0.15, 0.2) is 0 Å². The molecule has 0 aliphatic rings. The van der Waals surface area contributed by atoms with Crippen molar-refractivity contribution in [1.82, 2.24) is 5.32 Å². The van der Waals surface area contributed by atoms with Gasteiger partial charge in [0.25, 0.3) is 5.91 Å². The highest BCUT2D eigenvalue weighted by atomic mass is 35.5. The van der Waals surface area contributed by atoms with Crippen LogP contribution in [0.5, 0.6) is 5.75 Å². The predicted molar refractivity (Wildman–Crippen MR) is 66.6 cm³/mol. The zero-order valence-electron chi connectivity index (χ0n) is 9.87. The van der Waals surface area contributed by atoms with Gasteiger partial charge < -0.3 is 15.2 Å². The molecule has 1 atom stereocenters. The van der Waals surface area contributed by atoms with E-state index < -0.39 is 0 Å². The van der Waals surface area contributed by atoms with Crippen LogP contribution in [-0.4, -0.2) is 30.8 Å². The number of hydrogen-bond donors (Lipinski definition) is 2. The van der Waals surface area contributed by atoms with E-state index in [2.05, 4.69) is 5.32 Å². The van der Waals surface area contributed by atoms with Crippen LogP contribution in [-0.2, 0) is 0 Å². The van der Waals surface area contributed by atoms with Crippen molar-refractivity contribution in [3.8, 4) is 5.75 Å². The van der Waals surface area contributed by atoms with Crippen molar-refractivity contribution in [2.75, 3.05) is 13.7 Å². The van der Waals surface area contributed by atoms with Crippen molar-refractivity contribution in [2.24, 2.45) is 0 Å². The molecule has 0 aliphatic carbocycles. The average molecular weight is 258 g/mol. The Morgan fingerprint density at radius 2 is 2.29 bits per heavy atom. The van der Waals surface area contributed by atoms with Gasteiger partial charge in [0, 0.05) is 17.7 Å². The summed E-state index contributed by atoms with van der Waals surface area (Å²) in [6.45, 7) is 1.86. The predicted octanol–water partition coefficient (Wildman–Crippen LogP) is 1.85. The number of halogens is 1. The number of carbonyl (C=O) groups excluding carboxylic acids is 1. The van der Waals surface area contributed by atoms with Gasteiger partial charge in [-0.15, -0.1) is 0 Å². The average Bonchev–Trinajstić information content (AvgIpc) is 2.29. The molecule has 4 nitrogen and oxygen atoms in total. The number of rotatable bonds is 5. The van der Waals surface area contributed by atoms with E-state index in [0.29, 0.717) is 22.8 Å². The Labute approximate surface area is 106 Å². The molecule has 2 N–H and O–H groups in total. The fraction of sp³-hybridized carbons (Fsp3) is 0.417. The summed E-state index contributed by atoms with van der Waals surface area (Å²) in [7, 11) is 1.50. The molecule has 0 fully saturated rings. The van der Waals surface area contributed by atoms with Gasteiger partial charge in [-0.25, -0.2) is 0 Å². The number of amides is 1. The molecule has 0 aliphatic heterocycles. The number of carbonyl (C=O) groups is 1. The van der Waals surface area contributed by atoms with Crippen LogP contribution >= 0.6 is 11.6 Å². The molecule has 1 amide bonds. The molecular weight excluding hydrogens is 242 g/mol. The molecular formula is C12H16ClNO3. The van der Waals surface area contributed by atoms with Gasteiger partial charge in [0.05, 0.1) is 12.7 Å². The minimum atomic E-state index is -0.259. The van der Waals surface area contributed by atoms with Crippen molar-refractivity contribution in [1.29, 1.82) is 0 Å². The fourth-order valence-corrected chi connectivity index (χ4v) is 1.60. The molecule has 0 saturated heterocycles. The fourth-order valence-electron chi connectivity index (χ4n) is 1.43. The number of benzene rings is 1. The summed E-state index contributed by atoms with van der Waals surface area (Å²) in [6.07, 6.45) is 0.509. The number of aliphatic hydroxyl groups is 1. The van der Waals surface area contributed by atoms with Crippen LogP contribution in [0, 0.1) is 0 Å². The summed E-state index contributed by atoms with van der Waals surface area (Å²) in [5.41, 5.74) is 0.393. The Kier molecular flexibility index (Phi) is 5.25. The third-order valence-corrected chi connectivity index (χ3v) is 2.58. The monoisotopic (exact) mass is 257 g/mol. The van der Waals surface area contributed by atoms with Crippen molar-refractivity contribution in [2.45, 2.75) is 19.4 Å². The van der Waals surface area contributed by atoms with Crippen LogP contribution in [0.4, 0.5) is 0 Å². The van der Waals surface area contributed by atoms with Crippen LogP contribution in [0.1, 0.15) is 23.7 Å². The van der Waals surface area contributed by atoms with Gasteiger partial charge >= 0.3 is 0 Å². The Balaban J connectivity index is 2.83. The van der Waals surface area contributed by atoms with E-state index in [1.807, 2.05) is 6.92 Å². The van der Waals surface area contributed by atoms with Gasteiger partial charge in [-0.1, -0.05) is 11.6 Å². The Morgan fingerprint density at radius 1 is 1.59 bits per heavy atom. The second kappa shape index (κ2) is 6.47. The highest BCUT2D eigenvalue weighted by Gasteiger charge is 2.14. The highest BCUT2D eigenvalue weighted by molar-refractivity contribution is 6.31. The van der Waals surface area contributed by atoms with Gasteiger partial charge in [0.1, 0.15) is 5.75 Å². The third-order valence-electron chi connectivity index (χ3n) is 2.35. The molecule has 17 heavy (non-hydrogen) atoms. The van der Waals surface area contributed by atoms with E-state index in [1.165, 1.54) is 7.11 Å². The Morgan fingerprint density at radius 3 is 2.88 bits per heavy atom. The molecule has 1 rings (SSSR count). The first-order valence-corrected chi connectivity index (χ1v) is 5.71. The first kappa shape index (κ1) is 13.8. The summed E-state index contributed by atoms with van der Waals surface area (Å²) in [4.78, 5) is 11.9. The maximum Gasteiger partial charge on any atom is 0.255 e. The minimum absolute atomic E-state index is 0.0358. The number of aliphatic hydroxyl groups excluding tert-OH is 1. The third kappa shape index (κ3) is 3.91. The first-order valence-electron chi connectivity index (χ1n) is 5.33. The van der Waals surface area contributed by atoms with Crippen molar-refractivity contribution < 1.29 is 14.6 Å². The highest BCUT2D eigenvalue weighted by Crippen LogP contribution is 2.22. The van der Waals surface area contributed by atoms with Crippen LogP contribution in [0.3, 0.4) is 0 Å². The van der Waals surface area contributed by atoms with Crippen molar-refractivity contribution in [3.05, 3.63) is 28.8 Å². The smallest absolute Gasteiger partial charge is 0.255 e. The Bertz CT molecular complexity index is 395. The van der Waals surface area contributed by atoms with Crippen LogP contribution in [0.15, 0.2) is 18.2 Å². The lowest BCUT2D eigenvalue weighted by molar-refractivity contribution is 0.0931. The van der Waals surface area contributed by atoms with Crippen molar-refractivity contribution >= 4 is 17.5 Å². The molecule has 0 aromatic heterocycles. The maximum absolute atomic E-state index is 11.9. The van der Waals surface area contributed by atoms with E-state index >= 15 is 0 Å². The molecule has 0 saturated carbocycles. The molecule has 94 valence electrons. The number of hydrogen-bond acceptors (Lipinski definition) is 3. The SMILES string of the molecule is COc1ccc(Cl)cc1C(=O)NC(C)CCO. The molecule has 1 aromatic rings. The zero-order valence-corrected chi connectivity index (χ0v) is 10.6. The molecule has 1 unspecified atom stereocenters. The van der Waals surface area contributed by atoms with Gasteiger partial charge in [-0.2, -0.15) is 0 Å². The zero-order chi connectivity index (χ0) is 12.8. The molecule has 0 radical (unpaired) electrons. The quantitative estimate of drug-likeness (QED) is 0.846. The van der Waals surface area contributed by atoms with Gasteiger partial charge in [0.2, 0.25) is 0 Å². The lowest BCUT2D eigenvalue weighted by atomic mass is 10.1. The second-order valence-electron chi connectivity index (χ2n) is 3.73. The van der Waals surface area contributed by atoms with E-state index in [1.54, 1.807) is 18.2 Å². The van der Waals surface area contributed by atoms with Crippen LogP contribution in [0.2, 0.25) is 5.02 Å². The molecule has 5 heteroatoms. The van der Waals surface area contributed by atoms with Gasteiger partial charge in [-0.3, -0.25) is 4.79 Å². The summed E-state index contributed by atoms with van der Waals surface area (Å²) in [6, 6.07) is 4.76. The van der Waals surface area contributed by atoms with Gasteiger partial charge in [-0.05, 0) is 31.5 Å². The minimum Gasteiger partial charge on any atom is -0.496 e. The van der Waals surface area contributed by atoms with E-state index in [9.17, 15) is 4.79 Å². The summed E-state index contributed by atoms with van der Waals surface area (Å²) < 4.78 is 5.09. The topological polar surface area (TPSA) is 58.6 Å². The summed E-state index contributed by atoms with van der Waals surface area (Å²) in [5.74, 6) is 0.216. The summed E-state index contributed by atoms with van der Waals surface area (Å²) in [5, 5.41) is 12.0. The number of ether oxygens (including phenoxy) is 1. The second-order valence-corrected chi connectivity index (χ2v) is 4.17. The standard InChI is InChI=1S/C12H16ClNO3/c1-8(5-6-15)14-12(16)10-7-9(13)3-4-11(10)17-2/h3-4,7-8,15H,5-6H2,1-2H3,(H,14,16). The summed E-state index contributed by atoms with van der Waals surface area (Å²) >= 11 is 5.84. The molecule has 1 aromatic carbocycles. The Hall–Kier alpha value is -1.26. The van der Waals surface area contributed by atoms with E-state index in [4.69, 9.17) is 21.4 Å². The van der Waals surface area contributed by atoms with E-state index in [-0.39, 0.29) is 18.6 Å². The number of methoxy groups -OCH3 is 1. The maximum atomic E-state index is 11.9. The molecule has 0 heterocycles. The molecule has 0 bridgehead atoms. The van der Waals surface area contributed by atoms with Crippen LogP contribution < -0.4 is 10.1 Å². The first-order chi connectivity index (χ1) is 8.08. The normalized spacial score (nSPS) is 12.0. The van der Waals surface area contributed by atoms with Crippen molar-refractivity contribution in [3.63, 3.8) is 0 Å².